The van der Waals surface area contributed by atoms with Crippen LogP contribution in [-0.2, 0) is 4.79 Å². The number of anilines is 4. The van der Waals surface area contributed by atoms with E-state index in [0.29, 0.717) is 24.9 Å². The number of hydrogen-bond donors (Lipinski definition) is 1. The van der Waals surface area contributed by atoms with Crippen LogP contribution in [0, 0.1) is 11.8 Å². The normalized spacial score (nSPS) is 18.4. The summed E-state index contributed by atoms with van der Waals surface area (Å²) in [6.45, 7) is 9.97. The summed E-state index contributed by atoms with van der Waals surface area (Å²) in [5.41, 5.74) is 1.17. The Morgan fingerprint density at radius 3 is 2.58 bits per heavy atom. The number of piperidine rings is 1. The summed E-state index contributed by atoms with van der Waals surface area (Å²) in [4.78, 5) is 37.2. The number of rotatable bonds is 6. The monoisotopic (exact) mass is 488 g/mol. The number of aromatic nitrogens is 4. The van der Waals surface area contributed by atoms with Crippen molar-refractivity contribution in [2.24, 2.45) is 11.8 Å². The topological polar surface area (TPSA) is 90.4 Å². The first-order valence-electron chi connectivity index (χ1n) is 12.9. The molecule has 1 unspecified atom stereocenters. The van der Waals surface area contributed by atoms with Crippen molar-refractivity contribution in [2.45, 2.75) is 39.5 Å². The molecule has 1 N–H and O–H groups in total. The molecule has 3 aromatic heterocycles. The zero-order valence-corrected chi connectivity index (χ0v) is 21.9. The van der Waals surface area contributed by atoms with Crippen LogP contribution in [0.25, 0.3) is 10.8 Å². The second-order valence-electron chi connectivity index (χ2n) is 10.7. The van der Waals surface area contributed by atoms with E-state index in [0.717, 1.165) is 47.3 Å². The Labute approximate surface area is 213 Å². The maximum Gasteiger partial charge on any atom is 0.228 e. The second kappa shape index (κ2) is 9.87. The fraction of sp³-hybridized carbons (Fsp3) is 0.519. The molecule has 9 nitrogen and oxygen atoms in total. The smallest absolute Gasteiger partial charge is 0.228 e. The van der Waals surface area contributed by atoms with Gasteiger partial charge in [0.1, 0.15) is 17.5 Å². The lowest BCUT2D eigenvalue weighted by molar-refractivity contribution is -0.133. The molecule has 9 heteroatoms. The number of carbonyl (C=O) groups excluding carboxylic acids is 1. The van der Waals surface area contributed by atoms with E-state index in [9.17, 15) is 4.79 Å². The maximum atomic E-state index is 12.3. The zero-order chi connectivity index (χ0) is 25.4. The zero-order valence-electron chi connectivity index (χ0n) is 21.9. The van der Waals surface area contributed by atoms with Gasteiger partial charge >= 0.3 is 0 Å². The molecule has 0 radical (unpaired) electrons. The molecule has 5 rings (SSSR count). The van der Waals surface area contributed by atoms with Crippen LogP contribution in [-0.4, -0.2) is 71.0 Å². The van der Waals surface area contributed by atoms with E-state index in [1.807, 2.05) is 38.8 Å². The van der Waals surface area contributed by atoms with Gasteiger partial charge in [-0.3, -0.25) is 4.79 Å². The van der Waals surface area contributed by atoms with E-state index in [1.54, 1.807) is 4.90 Å². The van der Waals surface area contributed by atoms with Crippen LogP contribution in [0.1, 0.15) is 45.1 Å². The van der Waals surface area contributed by atoms with Gasteiger partial charge in [-0.05, 0) is 47.8 Å². The minimum Gasteiger partial charge on any atom is -0.354 e. The molecule has 0 aliphatic carbocycles. The molecule has 2 saturated heterocycles. The number of hydrogen-bond acceptors (Lipinski definition) is 8. The lowest BCUT2D eigenvalue weighted by Crippen LogP contribution is -2.53. The summed E-state index contributed by atoms with van der Waals surface area (Å²) < 4.78 is 0. The van der Waals surface area contributed by atoms with Crippen molar-refractivity contribution >= 4 is 40.1 Å². The summed E-state index contributed by atoms with van der Waals surface area (Å²) in [7, 11) is 3.62. The highest BCUT2D eigenvalue weighted by atomic mass is 16.2. The number of fused-ring (bicyclic) bond motifs is 1. The first-order valence-corrected chi connectivity index (χ1v) is 12.9. The van der Waals surface area contributed by atoms with E-state index in [-0.39, 0.29) is 11.8 Å². The van der Waals surface area contributed by atoms with Crippen LogP contribution >= 0.6 is 0 Å². The van der Waals surface area contributed by atoms with E-state index in [2.05, 4.69) is 46.9 Å². The van der Waals surface area contributed by atoms with Gasteiger partial charge in [-0.2, -0.15) is 4.98 Å². The fourth-order valence-corrected chi connectivity index (χ4v) is 5.17. The average molecular weight is 489 g/mol. The lowest BCUT2D eigenvalue weighted by Gasteiger charge is -2.40. The first kappa shape index (κ1) is 24.2. The van der Waals surface area contributed by atoms with Gasteiger partial charge < -0.3 is 20.0 Å². The SMILES string of the molecule is CC1CCCN(c2nccc(Nc3cc4c(C(C)C)cnc(N5CC(C(=O)N(C)C)C5)c4cn3)n2)C1. The molecule has 0 saturated carbocycles. The molecule has 2 aliphatic heterocycles. The van der Waals surface area contributed by atoms with Crippen molar-refractivity contribution in [1.82, 2.24) is 24.8 Å². The van der Waals surface area contributed by atoms with Gasteiger partial charge in [-0.25, -0.2) is 15.0 Å². The Balaban J connectivity index is 1.41. The maximum absolute atomic E-state index is 12.3. The molecular formula is C27H36N8O. The van der Waals surface area contributed by atoms with Gasteiger partial charge in [-0.15, -0.1) is 0 Å². The predicted octanol–water partition coefficient (Wildman–Crippen LogP) is 4.05. The van der Waals surface area contributed by atoms with E-state index in [4.69, 9.17) is 15.0 Å². The Bertz CT molecular complexity index is 1250. The Morgan fingerprint density at radius 2 is 1.86 bits per heavy atom. The minimum atomic E-state index is 0.0189. The summed E-state index contributed by atoms with van der Waals surface area (Å²) in [6, 6.07) is 3.97. The van der Waals surface area contributed by atoms with Crippen molar-refractivity contribution in [3.05, 3.63) is 36.3 Å². The van der Waals surface area contributed by atoms with Crippen molar-refractivity contribution in [2.75, 3.05) is 55.4 Å². The Hall–Kier alpha value is -3.49. The van der Waals surface area contributed by atoms with Crippen molar-refractivity contribution in [1.29, 1.82) is 0 Å². The van der Waals surface area contributed by atoms with Gasteiger partial charge in [-0.1, -0.05) is 20.8 Å². The second-order valence-corrected chi connectivity index (χ2v) is 10.7. The van der Waals surface area contributed by atoms with Gasteiger partial charge in [0.2, 0.25) is 11.9 Å². The summed E-state index contributed by atoms with van der Waals surface area (Å²) in [6.07, 6.45) is 8.09. The number of amides is 1. The lowest BCUT2D eigenvalue weighted by atomic mass is 9.96. The molecule has 0 spiro atoms. The molecule has 36 heavy (non-hydrogen) atoms. The highest BCUT2D eigenvalue weighted by Crippen LogP contribution is 2.35. The van der Waals surface area contributed by atoms with E-state index < -0.39 is 0 Å². The molecule has 5 heterocycles. The standard InChI is InChI=1S/C27H36N8O/c1-17(2)21-12-30-25(35-15-19(16-35)26(36)33(4)5)22-13-29-24(11-20(21)22)31-23-8-9-28-27(32-23)34-10-6-7-18(3)14-34/h8-9,11-13,17-19H,6-7,10,14-16H2,1-5H3,(H,28,29,31,32). The molecule has 1 amide bonds. The number of carbonyl (C=O) groups is 1. The number of nitrogens with one attached hydrogen (secondary N) is 1. The van der Waals surface area contributed by atoms with Crippen molar-refractivity contribution in [3.8, 4) is 0 Å². The Morgan fingerprint density at radius 1 is 1.06 bits per heavy atom. The third-order valence-electron chi connectivity index (χ3n) is 7.21. The molecular weight excluding hydrogens is 452 g/mol. The number of nitrogens with zero attached hydrogens (tertiary/aromatic N) is 7. The van der Waals surface area contributed by atoms with E-state index in [1.165, 1.54) is 18.4 Å². The fourth-order valence-electron chi connectivity index (χ4n) is 5.17. The van der Waals surface area contributed by atoms with Crippen molar-refractivity contribution < 1.29 is 4.79 Å². The predicted molar refractivity (Wildman–Crippen MR) is 144 cm³/mol. The summed E-state index contributed by atoms with van der Waals surface area (Å²) in [5.74, 6) is 4.28. The molecule has 3 aromatic rings. The summed E-state index contributed by atoms with van der Waals surface area (Å²) >= 11 is 0. The quantitative estimate of drug-likeness (QED) is 0.556. The summed E-state index contributed by atoms with van der Waals surface area (Å²) in [5, 5.41) is 5.52. The number of pyridine rings is 2. The largest absolute Gasteiger partial charge is 0.354 e. The third-order valence-corrected chi connectivity index (χ3v) is 7.21. The molecule has 1 atom stereocenters. The molecule has 2 fully saturated rings. The molecule has 0 bridgehead atoms. The van der Waals surface area contributed by atoms with Crippen LogP contribution in [0.2, 0.25) is 0 Å². The van der Waals surface area contributed by atoms with Gasteiger partial charge in [0.25, 0.3) is 0 Å². The van der Waals surface area contributed by atoms with E-state index >= 15 is 0 Å². The first-order chi connectivity index (χ1) is 17.3. The van der Waals surface area contributed by atoms with Gasteiger partial charge in [0.05, 0.1) is 5.92 Å². The average Bonchev–Trinajstić information content (AvgIpc) is 2.83. The third kappa shape index (κ3) is 4.79. The van der Waals surface area contributed by atoms with Crippen LogP contribution in [0.5, 0.6) is 0 Å². The Kier molecular flexibility index (Phi) is 6.64. The van der Waals surface area contributed by atoms with Crippen LogP contribution in [0.3, 0.4) is 0 Å². The molecule has 2 aliphatic rings. The molecule has 190 valence electrons. The minimum absolute atomic E-state index is 0.0189. The van der Waals surface area contributed by atoms with Gasteiger partial charge in [0, 0.05) is 64.3 Å². The van der Waals surface area contributed by atoms with Crippen LogP contribution < -0.4 is 15.1 Å². The van der Waals surface area contributed by atoms with Crippen LogP contribution in [0.4, 0.5) is 23.4 Å². The highest BCUT2D eigenvalue weighted by Gasteiger charge is 2.35. The van der Waals surface area contributed by atoms with Gasteiger partial charge in [0.15, 0.2) is 0 Å². The van der Waals surface area contributed by atoms with Crippen LogP contribution in [0.15, 0.2) is 30.7 Å². The highest BCUT2D eigenvalue weighted by molar-refractivity contribution is 5.96. The molecule has 0 aromatic carbocycles. The van der Waals surface area contributed by atoms with Crippen molar-refractivity contribution in [3.63, 3.8) is 0 Å².